The van der Waals surface area contributed by atoms with E-state index in [2.05, 4.69) is 0 Å². The van der Waals surface area contributed by atoms with Gasteiger partial charge < -0.3 is 15.9 Å². The number of allylic oxidation sites excluding steroid dienone is 3. The van der Waals surface area contributed by atoms with E-state index < -0.39 is 5.97 Å². The molecule has 0 saturated carbocycles. The Morgan fingerprint density at radius 3 is 2.67 bits per heavy atom. The smallest absolute Gasteiger partial charge is 0.307 e. The first-order valence-corrected chi connectivity index (χ1v) is 3.37. The maximum Gasteiger partial charge on any atom is 0.307 e. The topological polar surface area (TPSA) is 85.0 Å². The van der Waals surface area contributed by atoms with Crippen LogP contribution in [-0.4, -0.2) is 22.5 Å². The molecular formula is C8H8N2O2. The number of nitrogens with one attached hydrogen (secondary N) is 2. The van der Waals surface area contributed by atoms with Gasteiger partial charge in [-0.25, -0.2) is 0 Å². The summed E-state index contributed by atoms with van der Waals surface area (Å²) in [4.78, 5) is 10.3. The fraction of sp³-hybridized carbons (Fsp3) is 0.125. The first-order chi connectivity index (χ1) is 5.59. The van der Waals surface area contributed by atoms with Crippen molar-refractivity contribution in [3.63, 3.8) is 0 Å². The van der Waals surface area contributed by atoms with Gasteiger partial charge in [-0.05, 0) is 23.8 Å². The molecule has 0 aliphatic heterocycles. The fourth-order valence-electron chi connectivity index (χ4n) is 0.903. The van der Waals surface area contributed by atoms with Crippen molar-refractivity contribution in [2.75, 3.05) is 0 Å². The highest BCUT2D eigenvalue weighted by Gasteiger charge is 2.11. The molecule has 0 radical (unpaired) electrons. The van der Waals surface area contributed by atoms with Crippen LogP contribution in [0, 0.1) is 10.8 Å². The average molecular weight is 164 g/mol. The summed E-state index contributed by atoms with van der Waals surface area (Å²) in [5, 5.41) is 23.0. The van der Waals surface area contributed by atoms with Crippen molar-refractivity contribution in [2.24, 2.45) is 0 Å². The average Bonchev–Trinajstić information content (AvgIpc) is 1.96. The van der Waals surface area contributed by atoms with Crippen LogP contribution >= 0.6 is 0 Å². The second-order valence-corrected chi connectivity index (χ2v) is 2.44. The molecule has 1 rings (SSSR count). The fourth-order valence-corrected chi connectivity index (χ4v) is 0.903. The first kappa shape index (κ1) is 8.39. The highest BCUT2D eigenvalue weighted by atomic mass is 16.4. The molecular weight excluding hydrogens is 156 g/mol. The highest BCUT2D eigenvalue weighted by molar-refractivity contribution is 6.20. The van der Waals surface area contributed by atoms with Gasteiger partial charge in [-0.15, -0.1) is 0 Å². The number of rotatable bonds is 2. The van der Waals surface area contributed by atoms with E-state index in [4.69, 9.17) is 15.9 Å². The van der Waals surface area contributed by atoms with Gasteiger partial charge in [0, 0.05) is 0 Å². The molecule has 3 N–H and O–H groups in total. The van der Waals surface area contributed by atoms with E-state index in [1.165, 1.54) is 18.2 Å². The van der Waals surface area contributed by atoms with Crippen LogP contribution in [0.5, 0.6) is 0 Å². The van der Waals surface area contributed by atoms with Crippen LogP contribution in [0.15, 0.2) is 23.8 Å². The Balaban J connectivity index is 2.81. The molecule has 0 amide bonds. The van der Waals surface area contributed by atoms with E-state index in [1.54, 1.807) is 0 Å². The van der Waals surface area contributed by atoms with Gasteiger partial charge in [0.15, 0.2) is 0 Å². The summed E-state index contributed by atoms with van der Waals surface area (Å²) in [6.45, 7) is 0. The molecule has 4 nitrogen and oxygen atoms in total. The van der Waals surface area contributed by atoms with Crippen molar-refractivity contribution in [3.8, 4) is 0 Å². The largest absolute Gasteiger partial charge is 0.481 e. The van der Waals surface area contributed by atoms with Crippen molar-refractivity contribution in [2.45, 2.75) is 6.42 Å². The molecule has 0 saturated heterocycles. The zero-order valence-corrected chi connectivity index (χ0v) is 6.29. The Morgan fingerprint density at radius 2 is 2.08 bits per heavy atom. The molecule has 0 heterocycles. The summed E-state index contributed by atoms with van der Waals surface area (Å²) < 4.78 is 0. The third-order valence-electron chi connectivity index (χ3n) is 1.45. The molecule has 0 aromatic carbocycles. The number of aliphatic carboxylic acids is 1. The molecule has 0 aromatic rings. The second-order valence-electron chi connectivity index (χ2n) is 2.44. The van der Waals surface area contributed by atoms with Crippen LogP contribution in [0.2, 0.25) is 0 Å². The van der Waals surface area contributed by atoms with Gasteiger partial charge in [-0.2, -0.15) is 0 Å². The molecule has 1 aliphatic carbocycles. The lowest BCUT2D eigenvalue weighted by Crippen LogP contribution is -2.10. The summed E-state index contributed by atoms with van der Waals surface area (Å²) in [6, 6.07) is 0. The summed E-state index contributed by atoms with van der Waals surface area (Å²) in [5.41, 5.74) is 0.797. The monoisotopic (exact) mass is 164 g/mol. The normalized spacial score (nSPS) is 16.2. The molecule has 12 heavy (non-hydrogen) atoms. The SMILES string of the molecule is N=C1C=CC(=N)C(CC(=O)O)=C1. The van der Waals surface area contributed by atoms with Crippen molar-refractivity contribution in [3.05, 3.63) is 23.8 Å². The summed E-state index contributed by atoms with van der Waals surface area (Å²) in [5.74, 6) is -0.978. The number of carboxylic acid groups (broad SMARTS) is 1. The van der Waals surface area contributed by atoms with Gasteiger partial charge in [0.1, 0.15) is 0 Å². The lowest BCUT2D eigenvalue weighted by Gasteiger charge is -2.06. The van der Waals surface area contributed by atoms with E-state index in [0.29, 0.717) is 5.57 Å². The van der Waals surface area contributed by atoms with E-state index in [1.807, 2.05) is 0 Å². The lowest BCUT2D eigenvalue weighted by molar-refractivity contribution is -0.136. The van der Waals surface area contributed by atoms with Gasteiger partial charge in [0.05, 0.1) is 17.8 Å². The Bertz CT molecular complexity index is 313. The van der Waals surface area contributed by atoms with E-state index in [-0.39, 0.29) is 17.8 Å². The van der Waals surface area contributed by atoms with Crippen LogP contribution < -0.4 is 0 Å². The molecule has 62 valence electrons. The van der Waals surface area contributed by atoms with E-state index >= 15 is 0 Å². The van der Waals surface area contributed by atoms with E-state index in [0.717, 1.165) is 0 Å². The maximum absolute atomic E-state index is 10.3. The number of carbonyl (C=O) groups is 1. The van der Waals surface area contributed by atoms with Gasteiger partial charge >= 0.3 is 5.97 Å². The zero-order chi connectivity index (χ0) is 9.14. The van der Waals surface area contributed by atoms with Crippen LogP contribution in [0.4, 0.5) is 0 Å². The first-order valence-electron chi connectivity index (χ1n) is 3.37. The molecule has 0 spiro atoms. The second kappa shape index (κ2) is 3.13. The van der Waals surface area contributed by atoms with Crippen LogP contribution in [0.25, 0.3) is 0 Å². The van der Waals surface area contributed by atoms with Crippen LogP contribution in [0.3, 0.4) is 0 Å². The predicted molar refractivity (Wildman–Crippen MR) is 44.9 cm³/mol. The molecule has 0 unspecified atom stereocenters. The predicted octanol–water partition coefficient (Wildman–Crippen LogP) is 0.997. The quantitative estimate of drug-likeness (QED) is 0.532. The molecule has 1 aliphatic rings. The van der Waals surface area contributed by atoms with Crippen molar-refractivity contribution >= 4 is 17.4 Å². The minimum absolute atomic E-state index is 0.174. The third kappa shape index (κ3) is 1.88. The molecule has 0 bridgehead atoms. The Hall–Kier alpha value is -1.71. The van der Waals surface area contributed by atoms with Gasteiger partial charge in [0.25, 0.3) is 0 Å². The lowest BCUT2D eigenvalue weighted by atomic mass is 10.00. The van der Waals surface area contributed by atoms with Gasteiger partial charge in [0.2, 0.25) is 0 Å². The highest BCUT2D eigenvalue weighted by Crippen LogP contribution is 2.09. The van der Waals surface area contributed by atoms with Crippen molar-refractivity contribution < 1.29 is 9.90 Å². The van der Waals surface area contributed by atoms with Crippen molar-refractivity contribution in [1.82, 2.24) is 0 Å². The molecule has 4 heteroatoms. The van der Waals surface area contributed by atoms with Crippen LogP contribution in [0.1, 0.15) is 6.42 Å². The van der Waals surface area contributed by atoms with Crippen molar-refractivity contribution in [1.29, 1.82) is 10.8 Å². The number of hydrogen-bond donors (Lipinski definition) is 3. The minimum atomic E-state index is -0.978. The standard InChI is InChI=1S/C8H8N2O2/c9-6-1-2-7(10)5(3-6)4-8(11)12/h1-3,9-10H,4H2,(H,11,12). The molecule has 0 atom stereocenters. The minimum Gasteiger partial charge on any atom is -0.481 e. The van der Waals surface area contributed by atoms with Crippen LogP contribution in [-0.2, 0) is 4.79 Å². The zero-order valence-electron chi connectivity index (χ0n) is 6.29. The third-order valence-corrected chi connectivity index (χ3v) is 1.45. The maximum atomic E-state index is 10.3. The number of hydrogen-bond acceptors (Lipinski definition) is 3. The number of carboxylic acids is 1. The Kier molecular flexibility index (Phi) is 2.19. The Labute approximate surface area is 69.2 Å². The van der Waals surface area contributed by atoms with Gasteiger partial charge in [-0.1, -0.05) is 0 Å². The Morgan fingerprint density at radius 1 is 1.42 bits per heavy atom. The summed E-state index contributed by atoms with van der Waals surface area (Å²) >= 11 is 0. The van der Waals surface area contributed by atoms with Gasteiger partial charge in [-0.3, -0.25) is 4.79 Å². The summed E-state index contributed by atoms with van der Waals surface area (Å²) in [7, 11) is 0. The van der Waals surface area contributed by atoms with E-state index in [9.17, 15) is 4.79 Å². The molecule has 0 fully saturated rings. The summed E-state index contributed by atoms with van der Waals surface area (Å²) in [6.07, 6.45) is 4.11. The molecule has 0 aromatic heterocycles.